The summed E-state index contributed by atoms with van der Waals surface area (Å²) < 4.78 is 0. The Balaban J connectivity index is 1.50. The van der Waals surface area contributed by atoms with E-state index in [4.69, 9.17) is 4.99 Å². The van der Waals surface area contributed by atoms with Crippen molar-refractivity contribution in [2.75, 3.05) is 17.2 Å². The van der Waals surface area contributed by atoms with Crippen LogP contribution in [0.4, 0.5) is 11.4 Å². The van der Waals surface area contributed by atoms with E-state index in [9.17, 15) is 4.79 Å². The first kappa shape index (κ1) is 18.4. The summed E-state index contributed by atoms with van der Waals surface area (Å²) >= 11 is 0. The number of hydrogen-bond acceptors (Lipinski definition) is 4. The lowest BCUT2D eigenvalue weighted by Gasteiger charge is -2.30. The maximum absolute atomic E-state index is 12.1. The van der Waals surface area contributed by atoms with Crippen molar-refractivity contribution in [2.24, 2.45) is 4.99 Å². The van der Waals surface area contributed by atoms with Crippen LogP contribution in [-0.4, -0.2) is 29.2 Å². The van der Waals surface area contributed by atoms with E-state index in [1.165, 1.54) is 11.1 Å². The van der Waals surface area contributed by atoms with Crippen LogP contribution in [0.15, 0.2) is 83.9 Å². The third-order valence-corrected chi connectivity index (χ3v) is 5.74. The van der Waals surface area contributed by atoms with Gasteiger partial charge in [-0.2, -0.15) is 0 Å². The highest BCUT2D eigenvalue weighted by Gasteiger charge is 2.31. The molecule has 0 saturated heterocycles. The van der Waals surface area contributed by atoms with Gasteiger partial charge in [0.05, 0.1) is 24.0 Å². The molecule has 3 aromatic carbocycles. The largest absolute Gasteiger partial charge is 0.372 e. The minimum atomic E-state index is -0.232. The molecule has 30 heavy (non-hydrogen) atoms. The quantitative estimate of drug-likeness (QED) is 0.685. The molecule has 2 N–H and O–H groups in total. The molecule has 0 saturated carbocycles. The van der Waals surface area contributed by atoms with Crippen LogP contribution in [-0.2, 0) is 11.3 Å². The molecule has 0 fully saturated rings. The Bertz CT molecular complexity index is 1090. The highest BCUT2D eigenvalue weighted by molar-refractivity contribution is 6.06. The first-order chi connectivity index (χ1) is 14.7. The fourth-order valence-corrected chi connectivity index (χ4v) is 4.15. The van der Waals surface area contributed by atoms with Gasteiger partial charge >= 0.3 is 0 Å². The van der Waals surface area contributed by atoms with Crippen molar-refractivity contribution in [3.63, 3.8) is 0 Å². The van der Waals surface area contributed by atoms with Crippen LogP contribution >= 0.6 is 0 Å². The smallest absolute Gasteiger partial charge is 0.246 e. The van der Waals surface area contributed by atoms with Crippen molar-refractivity contribution in [1.82, 2.24) is 4.90 Å². The summed E-state index contributed by atoms with van der Waals surface area (Å²) in [7, 11) is 0. The molecule has 5 rings (SSSR count). The summed E-state index contributed by atoms with van der Waals surface area (Å²) in [4.78, 5) is 19.4. The molecule has 150 valence electrons. The average Bonchev–Trinajstić information content (AvgIpc) is 3.19. The van der Waals surface area contributed by atoms with E-state index in [2.05, 4.69) is 70.1 Å². The number of fused-ring (bicyclic) bond motifs is 1. The minimum Gasteiger partial charge on any atom is -0.372 e. The number of rotatable bonds is 4. The molecule has 0 spiro atoms. The number of amidine groups is 1. The van der Waals surface area contributed by atoms with E-state index >= 15 is 0 Å². The van der Waals surface area contributed by atoms with Crippen molar-refractivity contribution >= 4 is 23.1 Å². The fourth-order valence-electron chi connectivity index (χ4n) is 4.15. The van der Waals surface area contributed by atoms with Gasteiger partial charge in [0.1, 0.15) is 11.9 Å². The molecule has 2 unspecified atom stereocenters. The monoisotopic (exact) mass is 396 g/mol. The number of carbonyl (C=O) groups excluding carboxylic acids is 1. The van der Waals surface area contributed by atoms with Crippen molar-refractivity contribution in [3.8, 4) is 0 Å². The number of anilines is 2. The summed E-state index contributed by atoms with van der Waals surface area (Å²) in [6.45, 7) is 3.35. The van der Waals surface area contributed by atoms with Crippen molar-refractivity contribution in [2.45, 2.75) is 25.6 Å². The zero-order valence-corrected chi connectivity index (χ0v) is 16.9. The first-order valence-corrected chi connectivity index (χ1v) is 10.3. The second-order valence-electron chi connectivity index (χ2n) is 7.82. The molecule has 0 radical (unpaired) electrons. The van der Waals surface area contributed by atoms with Crippen LogP contribution in [0, 0.1) is 0 Å². The van der Waals surface area contributed by atoms with E-state index in [1.807, 2.05) is 31.2 Å². The summed E-state index contributed by atoms with van der Waals surface area (Å²) in [5.41, 5.74) is 5.27. The normalized spacial score (nSPS) is 20.2. The number of nitrogens with one attached hydrogen (secondary N) is 2. The Morgan fingerprint density at radius 3 is 2.47 bits per heavy atom. The Morgan fingerprint density at radius 1 is 0.967 bits per heavy atom. The fraction of sp³-hybridized carbons (Fsp3) is 0.200. The molecule has 1 amide bonds. The topological polar surface area (TPSA) is 56.7 Å². The predicted molar refractivity (Wildman–Crippen MR) is 121 cm³/mol. The summed E-state index contributed by atoms with van der Waals surface area (Å²) in [5.74, 6) is 0.944. The molecule has 5 nitrogen and oxygen atoms in total. The van der Waals surface area contributed by atoms with Gasteiger partial charge in [-0.15, -0.1) is 0 Å². The molecule has 0 aromatic heterocycles. The van der Waals surface area contributed by atoms with Gasteiger partial charge in [-0.1, -0.05) is 60.7 Å². The molecule has 2 heterocycles. The van der Waals surface area contributed by atoms with E-state index < -0.39 is 0 Å². The van der Waals surface area contributed by atoms with E-state index in [-0.39, 0.29) is 18.0 Å². The van der Waals surface area contributed by atoms with Crippen LogP contribution < -0.4 is 10.6 Å². The van der Waals surface area contributed by atoms with E-state index in [0.29, 0.717) is 6.54 Å². The number of nitrogens with zero attached hydrogens (tertiary/aromatic N) is 2. The van der Waals surface area contributed by atoms with E-state index in [0.717, 1.165) is 29.3 Å². The van der Waals surface area contributed by atoms with Gasteiger partial charge in [0.2, 0.25) is 5.91 Å². The maximum Gasteiger partial charge on any atom is 0.246 e. The Kier molecular flexibility index (Phi) is 4.71. The van der Waals surface area contributed by atoms with Gasteiger partial charge in [0, 0.05) is 12.1 Å². The minimum absolute atomic E-state index is 0.0173. The Labute approximate surface area is 176 Å². The van der Waals surface area contributed by atoms with Crippen molar-refractivity contribution in [1.29, 1.82) is 0 Å². The van der Waals surface area contributed by atoms with Gasteiger partial charge in [-0.3, -0.25) is 9.79 Å². The lowest BCUT2D eigenvalue weighted by atomic mass is 10.0. The second kappa shape index (κ2) is 7.67. The third kappa shape index (κ3) is 3.43. The maximum atomic E-state index is 12.1. The average molecular weight is 396 g/mol. The van der Waals surface area contributed by atoms with Crippen LogP contribution in [0.3, 0.4) is 0 Å². The lowest BCUT2D eigenvalue weighted by Crippen LogP contribution is -2.36. The van der Waals surface area contributed by atoms with Crippen LogP contribution in [0.25, 0.3) is 0 Å². The Hall–Kier alpha value is -3.60. The molecule has 2 aliphatic heterocycles. The molecule has 2 atom stereocenters. The highest BCUT2D eigenvalue weighted by Crippen LogP contribution is 2.33. The summed E-state index contributed by atoms with van der Waals surface area (Å²) in [6.07, 6.45) is 0. The second-order valence-corrected chi connectivity index (χ2v) is 7.82. The van der Waals surface area contributed by atoms with Gasteiger partial charge in [0.25, 0.3) is 0 Å². The molecular formula is C25H24N4O. The molecule has 0 aliphatic carbocycles. The van der Waals surface area contributed by atoms with Gasteiger partial charge < -0.3 is 15.5 Å². The van der Waals surface area contributed by atoms with Gasteiger partial charge in [-0.05, 0) is 36.2 Å². The standard InChI is InChI=1S/C25H24N4O/c1-17-25(30)28-22-14-20(12-13-21(22)27-17)24-26-15-23(19-10-6-3-7-11-19)29(24)16-18-8-4-2-5-9-18/h2-14,17,23,27H,15-16H2,1H3,(H,28,30). The van der Waals surface area contributed by atoms with Crippen molar-refractivity contribution < 1.29 is 4.79 Å². The molecule has 3 aromatic rings. The van der Waals surface area contributed by atoms with E-state index in [1.54, 1.807) is 0 Å². The van der Waals surface area contributed by atoms with Gasteiger partial charge in [0.15, 0.2) is 0 Å². The highest BCUT2D eigenvalue weighted by atomic mass is 16.2. The zero-order valence-electron chi connectivity index (χ0n) is 16.9. The number of aliphatic imine (C=N–C) groups is 1. The van der Waals surface area contributed by atoms with Gasteiger partial charge in [-0.25, -0.2) is 0 Å². The first-order valence-electron chi connectivity index (χ1n) is 10.3. The summed E-state index contributed by atoms with van der Waals surface area (Å²) in [6, 6.07) is 27.1. The van der Waals surface area contributed by atoms with Crippen LogP contribution in [0.1, 0.15) is 29.7 Å². The number of carbonyl (C=O) groups is 1. The van der Waals surface area contributed by atoms with Crippen LogP contribution in [0.5, 0.6) is 0 Å². The lowest BCUT2D eigenvalue weighted by molar-refractivity contribution is -0.116. The summed E-state index contributed by atoms with van der Waals surface area (Å²) in [5, 5.41) is 6.25. The Morgan fingerprint density at radius 2 is 1.70 bits per heavy atom. The third-order valence-electron chi connectivity index (χ3n) is 5.74. The molecule has 5 heteroatoms. The zero-order chi connectivity index (χ0) is 20.5. The molecular weight excluding hydrogens is 372 g/mol. The number of amides is 1. The van der Waals surface area contributed by atoms with Crippen LogP contribution in [0.2, 0.25) is 0 Å². The molecule has 0 bridgehead atoms. The predicted octanol–water partition coefficient (Wildman–Crippen LogP) is 4.44. The number of hydrogen-bond donors (Lipinski definition) is 2. The molecule has 2 aliphatic rings. The SMILES string of the molecule is CC1Nc2ccc(C3=NCC(c4ccccc4)N3Cc3ccccc3)cc2NC1=O. The number of benzene rings is 3. The van der Waals surface area contributed by atoms with Crippen molar-refractivity contribution in [3.05, 3.63) is 95.6 Å².